The fourth-order valence-corrected chi connectivity index (χ4v) is 4.90. The normalized spacial score (nSPS) is 14.7. The average Bonchev–Trinajstić information content (AvgIpc) is 3.32. The van der Waals surface area contributed by atoms with Gasteiger partial charge in [-0.25, -0.2) is 19.9 Å². The number of nitrogens with two attached hydrogens (primary N) is 1. The topological polar surface area (TPSA) is 139 Å². The van der Waals surface area contributed by atoms with Crippen LogP contribution in [-0.2, 0) is 4.74 Å². The number of aromatic nitrogens is 4. The van der Waals surface area contributed by atoms with Crippen molar-refractivity contribution in [3.8, 4) is 21.8 Å². The number of rotatable bonds is 6. The monoisotopic (exact) mass is 491 g/mol. The first kappa shape index (κ1) is 23.1. The molecule has 1 atom stereocenters. The number of morpholine rings is 1. The van der Waals surface area contributed by atoms with Gasteiger partial charge in [-0.1, -0.05) is 12.1 Å². The summed E-state index contributed by atoms with van der Waals surface area (Å²) in [5, 5.41) is 12.2. The predicted octanol–water partition coefficient (Wildman–Crippen LogP) is 2.34. The van der Waals surface area contributed by atoms with Crippen molar-refractivity contribution in [3.63, 3.8) is 0 Å². The van der Waals surface area contributed by atoms with E-state index in [0.717, 1.165) is 39.6 Å². The Hall–Kier alpha value is -3.67. The van der Waals surface area contributed by atoms with E-state index in [-0.39, 0.29) is 18.4 Å². The molecule has 1 aromatic carbocycles. The minimum absolute atomic E-state index is 0.193. The number of benzene rings is 1. The minimum Gasteiger partial charge on any atom is -0.392 e. The Balaban J connectivity index is 1.56. The molecule has 1 amide bonds. The zero-order valence-corrected chi connectivity index (χ0v) is 20.0. The van der Waals surface area contributed by atoms with E-state index < -0.39 is 6.10 Å². The highest BCUT2D eigenvalue weighted by molar-refractivity contribution is 7.22. The number of ether oxygens (including phenoxy) is 1. The van der Waals surface area contributed by atoms with E-state index in [0.29, 0.717) is 30.2 Å². The second-order valence-corrected chi connectivity index (χ2v) is 9.32. The highest BCUT2D eigenvalue weighted by atomic mass is 32.1. The number of nitrogens with one attached hydrogen (secondary N) is 1. The van der Waals surface area contributed by atoms with Gasteiger partial charge in [-0.2, -0.15) is 0 Å². The lowest BCUT2D eigenvalue weighted by atomic mass is 10.1. The predicted molar refractivity (Wildman–Crippen MR) is 135 cm³/mol. The number of thiophene rings is 1. The van der Waals surface area contributed by atoms with Crippen LogP contribution in [-0.4, -0.2) is 69.9 Å². The molecule has 4 aromatic rings. The molecule has 180 valence electrons. The molecule has 1 saturated heterocycles. The van der Waals surface area contributed by atoms with E-state index in [9.17, 15) is 9.90 Å². The van der Waals surface area contributed by atoms with Crippen LogP contribution in [0.3, 0.4) is 0 Å². The summed E-state index contributed by atoms with van der Waals surface area (Å²) in [5.41, 5.74) is 8.57. The van der Waals surface area contributed by atoms with E-state index in [4.69, 9.17) is 20.4 Å². The van der Waals surface area contributed by atoms with Gasteiger partial charge in [0.25, 0.3) is 5.91 Å². The van der Waals surface area contributed by atoms with Gasteiger partial charge in [0.15, 0.2) is 11.6 Å². The number of amides is 1. The van der Waals surface area contributed by atoms with Gasteiger partial charge in [-0.3, -0.25) is 4.79 Å². The Bertz CT molecular complexity index is 1350. The van der Waals surface area contributed by atoms with Crippen LogP contribution in [0.2, 0.25) is 0 Å². The van der Waals surface area contributed by atoms with Gasteiger partial charge in [0.2, 0.25) is 5.95 Å². The molecule has 1 aliphatic rings. The number of carbonyl (C=O) groups is 1. The molecule has 4 N–H and O–H groups in total. The molecule has 35 heavy (non-hydrogen) atoms. The molecule has 0 saturated carbocycles. The highest BCUT2D eigenvalue weighted by Gasteiger charge is 2.21. The molecule has 1 fully saturated rings. The summed E-state index contributed by atoms with van der Waals surface area (Å²) in [6.45, 7) is 4.56. The van der Waals surface area contributed by atoms with Crippen LogP contribution >= 0.6 is 11.3 Å². The lowest BCUT2D eigenvalue weighted by Crippen LogP contribution is -2.36. The van der Waals surface area contributed by atoms with E-state index in [1.807, 2.05) is 24.3 Å². The van der Waals surface area contributed by atoms with Crippen molar-refractivity contribution in [2.24, 2.45) is 0 Å². The standard InChI is InChI=1S/C24H25N7O3S/c1-14(32)11-26-23(33)16-4-2-3-15(9-16)19-10-18-20(35-19)22(31-5-7-34-8-6-31)30-21(29-18)17-12-27-24(25)28-13-17/h2-4,9-10,12-14,32H,5-8,11H2,1H3,(H,26,33)(H2,25,27,28). The number of aliphatic hydroxyl groups is 1. The van der Waals surface area contributed by atoms with Crippen LogP contribution in [0.25, 0.3) is 32.0 Å². The van der Waals surface area contributed by atoms with Crippen molar-refractivity contribution in [2.45, 2.75) is 13.0 Å². The number of nitrogens with zero attached hydrogens (tertiary/aromatic N) is 5. The van der Waals surface area contributed by atoms with Gasteiger partial charge >= 0.3 is 0 Å². The first-order valence-electron chi connectivity index (χ1n) is 11.3. The van der Waals surface area contributed by atoms with Crippen LogP contribution in [0.5, 0.6) is 0 Å². The third-order valence-electron chi connectivity index (χ3n) is 5.56. The summed E-state index contributed by atoms with van der Waals surface area (Å²) in [5.74, 6) is 1.33. The number of hydrogen-bond donors (Lipinski definition) is 3. The SMILES string of the molecule is CC(O)CNC(=O)c1cccc(-c2cc3nc(-c4cnc(N)nc4)nc(N4CCOCC4)c3s2)c1. The Morgan fingerprint density at radius 1 is 1.20 bits per heavy atom. The van der Waals surface area contributed by atoms with Crippen molar-refractivity contribution < 1.29 is 14.6 Å². The molecule has 0 radical (unpaired) electrons. The van der Waals surface area contributed by atoms with Crippen LogP contribution < -0.4 is 16.0 Å². The average molecular weight is 492 g/mol. The number of nitrogen functional groups attached to an aromatic ring is 1. The van der Waals surface area contributed by atoms with Crippen LogP contribution in [0.1, 0.15) is 17.3 Å². The molecule has 0 spiro atoms. The number of fused-ring (bicyclic) bond motifs is 1. The zero-order chi connectivity index (χ0) is 24.4. The maximum atomic E-state index is 12.5. The zero-order valence-electron chi connectivity index (χ0n) is 19.1. The molecular formula is C24H25N7O3S. The number of aliphatic hydroxyl groups excluding tert-OH is 1. The van der Waals surface area contributed by atoms with E-state index in [1.165, 1.54) is 0 Å². The fourth-order valence-electron chi connectivity index (χ4n) is 3.79. The van der Waals surface area contributed by atoms with Crippen molar-refractivity contribution >= 4 is 39.2 Å². The van der Waals surface area contributed by atoms with Gasteiger partial charge < -0.3 is 25.8 Å². The van der Waals surface area contributed by atoms with Crippen LogP contribution in [0, 0.1) is 0 Å². The minimum atomic E-state index is -0.609. The summed E-state index contributed by atoms with van der Waals surface area (Å²) >= 11 is 1.59. The summed E-state index contributed by atoms with van der Waals surface area (Å²) in [4.78, 5) is 33.5. The Kier molecular flexibility index (Phi) is 6.53. The third-order valence-corrected chi connectivity index (χ3v) is 6.73. The molecule has 1 unspecified atom stereocenters. The lowest BCUT2D eigenvalue weighted by Gasteiger charge is -2.28. The molecule has 1 aliphatic heterocycles. The number of anilines is 2. The Morgan fingerprint density at radius 3 is 2.71 bits per heavy atom. The van der Waals surface area contributed by atoms with Gasteiger partial charge in [0.05, 0.1) is 35.1 Å². The molecule has 4 heterocycles. The largest absolute Gasteiger partial charge is 0.392 e. The molecule has 3 aromatic heterocycles. The molecule has 0 bridgehead atoms. The second-order valence-electron chi connectivity index (χ2n) is 8.27. The van der Waals surface area contributed by atoms with E-state index in [2.05, 4.69) is 20.2 Å². The molecule has 5 rings (SSSR count). The van der Waals surface area contributed by atoms with Gasteiger partial charge in [-0.05, 0) is 30.7 Å². The Labute approximate surface area is 205 Å². The van der Waals surface area contributed by atoms with E-state index >= 15 is 0 Å². The summed E-state index contributed by atoms with van der Waals surface area (Å²) in [6.07, 6.45) is 2.63. The van der Waals surface area contributed by atoms with Crippen molar-refractivity contribution in [1.82, 2.24) is 25.3 Å². The summed E-state index contributed by atoms with van der Waals surface area (Å²) < 4.78 is 6.50. The molecular weight excluding hydrogens is 466 g/mol. The van der Waals surface area contributed by atoms with Gasteiger partial charge in [0.1, 0.15) is 0 Å². The van der Waals surface area contributed by atoms with Crippen LogP contribution in [0.15, 0.2) is 42.7 Å². The van der Waals surface area contributed by atoms with Crippen molar-refractivity contribution in [1.29, 1.82) is 0 Å². The number of hydrogen-bond acceptors (Lipinski definition) is 10. The van der Waals surface area contributed by atoms with Gasteiger partial charge in [-0.15, -0.1) is 11.3 Å². The quantitative estimate of drug-likeness (QED) is 0.371. The Morgan fingerprint density at radius 2 is 1.97 bits per heavy atom. The molecule has 11 heteroatoms. The summed E-state index contributed by atoms with van der Waals surface area (Å²) in [6, 6.07) is 9.43. The third kappa shape index (κ3) is 5.06. The first-order valence-corrected chi connectivity index (χ1v) is 12.1. The first-order chi connectivity index (χ1) is 17.0. The molecule has 0 aliphatic carbocycles. The maximum Gasteiger partial charge on any atom is 0.251 e. The lowest BCUT2D eigenvalue weighted by molar-refractivity contribution is 0.0924. The van der Waals surface area contributed by atoms with Crippen molar-refractivity contribution in [3.05, 3.63) is 48.3 Å². The van der Waals surface area contributed by atoms with E-state index in [1.54, 1.807) is 36.7 Å². The van der Waals surface area contributed by atoms with Crippen LogP contribution in [0.4, 0.5) is 11.8 Å². The second kappa shape index (κ2) is 9.90. The van der Waals surface area contributed by atoms with Gasteiger partial charge in [0, 0.05) is 42.5 Å². The smallest absolute Gasteiger partial charge is 0.251 e. The summed E-state index contributed by atoms with van der Waals surface area (Å²) in [7, 11) is 0. The highest BCUT2D eigenvalue weighted by Crippen LogP contribution is 2.39. The van der Waals surface area contributed by atoms with Crippen molar-refractivity contribution in [2.75, 3.05) is 43.5 Å². The maximum absolute atomic E-state index is 12.5. The fraction of sp³-hybridized carbons (Fsp3) is 0.292. The molecule has 10 nitrogen and oxygen atoms in total. The number of carbonyl (C=O) groups excluding carboxylic acids is 1.